The number of carbonyl (C=O) groups is 2. The molecule has 0 aliphatic rings. The maximum atomic E-state index is 12.2. The van der Waals surface area contributed by atoms with Gasteiger partial charge >= 0.3 is 0 Å². The summed E-state index contributed by atoms with van der Waals surface area (Å²) in [4.78, 5) is 23.3. The van der Waals surface area contributed by atoms with Crippen molar-refractivity contribution in [3.63, 3.8) is 0 Å². The highest BCUT2D eigenvalue weighted by molar-refractivity contribution is 7.99. The molecule has 3 aromatic rings. The minimum Gasteiger partial charge on any atom is -0.366 e. The van der Waals surface area contributed by atoms with Crippen LogP contribution in [0.5, 0.6) is 0 Å². The van der Waals surface area contributed by atoms with Gasteiger partial charge in [-0.15, -0.1) is 10.2 Å². The van der Waals surface area contributed by atoms with E-state index in [9.17, 15) is 9.59 Å². The number of aromatic nitrogens is 3. The SMILES string of the molecule is CCn1c(SCC(=O)Nc2ccc(C(N)=O)cc2)nnc1-c1cccc(C)c1. The number of hydrogen-bond acceptors (Lipinski definition) is 5. The van der Waals surface area contributed by atoms with Crippen LogP contribution in [0.2, 0.25) is 0 Å². The number of rotatable bonds is 7. The van der Waals surface area contributed by atoms with Gasteiger partial charge in [-0.3, -0.25) is 9.59 Å². The molecule has 0 bridgehead atoms. The molecular formula is C20H21N5O2S. The van der Waals surface area contributed by atoms with Gasteiger partial charge in [-0.05, 0) is 44.2 Å². The smallest absolute Gasteiger partial charge is 0.248 e. The quantitative estimate of drug-likeness (QED) is 0.599. The first kappa shape index (κ1) is 19.6. The Balaban J connectivity index is 1.65. The maximum absolute atomic E-state index is 12.2. The Hall–Kier alpha value is -3.13. The molecule has 3 N–H and O–H groups in total. The zero-order chi connectivity index (χ0) is 20.1. The van der Waals surface area contributed by atoms with Crippen LogP contribution in [-0.2, 0) is 11.3 Å². The van der Waals surface area contributed by atoms with Crippen LogP contribution in [0.1, 0.15) is 22.8 Å². The molecule has 2 amide bonds. The Morgan fingerprint density at radius 2 is 1.89 bits per heavy atom. The molecule has 2 aromatic carbocycles. The van der Waals surface area contributed by atoms with E-state index in [-0.39, 0.29) is 11.7 Å². The third-order valence-electron chi connectivity index (χ3n) is 4.09. The van der Waals surface area contributed by atoms with Crippen LogP contribution in [0, 0.1) is 6.92 Å². The van der Waals surface area contributed by atoms with E-state index < -0.39 is 5.91 Å². The van der Waals surface area contributed by atoms with Crippen molar-refractivity contribution < 1.29 is 9.59 Å². The Bertz CT molecular complexity index is 998. The van der Waals surface area contributed by atoms with Gasteiger partial charge in [0.15, 0.2) is 11.0 Å². The lowest BCUT2D eigenvalue weighted by atomic mass is 10.1. The molecular weight excluding hydrogens is 374 g/mol. The lowest BCUT2D eigenvalue weighted by Crippen LogP contribution is -2.15. The predicted octanol–water partition coefficient (Wildman–Crippen LogP) is 3.10. The topological polar surface area (TPSA) is 103 Å². The first-order valence-corrected chi connectivity index (χ1v) is 9.79. The van der Waals surface area contributed by atoms with E-state index in [0.29, 0.717) is 23.0 Å². The highest BCUT2D eigenvalue weighted by Crippen LogP contribution is 2.24. The van der Waals surface area contributed by atoms with Crippen LogP contribution in [-0.4, -0.2) is 32.3 Å². The highest BCUT2D eigenvalue weighted by atomic mass is 32.2. The largest absolute Gasteiger partial charge is 0.366 e. The molecule has 8 heteroatoms. The standard InChI is InChI=1S/C20H21N5O2S/c1-3-25-19(15-6-4-5-13(2)11-15)23-24-20(25)28-12-17(26)22-16-9-7-14(8-10-16)18(21)27/h4-11H,3,12H2,1-2H3,(H2,21,27)(H,22,26). The third kappa shape index (κ3) is 4.58. The van der Waals surface area contributed by atoms with E-state index in [2.05, 4.69) is 21.6 Å². The fraction of sp³-hybridized carbons (Fsp3) is 0.200. The van der Waals surface area contributed by atoms with Crippen molar-refractivity contribution in [1.82, 2.24) is 14.8 Å². The maximum Gasteiger partial charge on any atom is 0.248 e. The first-order valence-electron chi connectivity index (χ1n) is 8.80. The minimum absolute atomic E-state index is 0.167. The fourth-order valence-electron chi connectivity index (χ4n) is 2.72. The highest BCUT2D eigenvalue weighted by Gasteiger charge is 2.15. The van der Waals surface area contributed by atoms with E-state index in [1.165, 1.54) is 11.8 Å². The van der Waals surface area contributed by atoms with Crippen molar-refractivity contribution in [2.24, 2.45) is 5.73 Å². The summed E-state index contributed by atoms with van der Waals surface area (Å²) in [5.41, 5.74) is 8.36. The number of benzene rings is 2. The lowest BCUT2D eigenvalue weighted by molar-refractivity contribution is -0.113. The second-order valence-electron chi connectivity index (χ2n) is 6.20. The fourth-order valence-corrected chi connectivity index (χ4v) is 3.53. The van der Waals surface area contributed by atoms with Crippen molar-refractivity contribution in [2.75, 3.05) is 11.1 Å². The molecule has 0 saturated heterocycles. The van der Waals surface area contributed by atoms with Crippen molar-refractivity contribution >= 4 is 29.3 Å². The lowest BCUT2D eigenvalue weighted by Gasteiger charge is -2.08. The minimum atomic E-state index is -0.503. The summed E-state index contributed by atoms with van der Waals surface area (Å²) in [6.45, 7) is 4.76. The summed E-state index contributed by atoms with van der Waals surface area (Å²) >= 11 is 1.33. The molecule has 0 unspecified atom stereocenters. The number of amides is 2. The number of thioether (sulfide) groups is 1. The number of primary amides is 1. The van der Waals surface area contributed by atoms with Crippen molar-refractivity contribution in [2.45, 2.75) is 25.5 Å². The van der Waals surface area contributed by atoms with Gasteiger partial charge in [0.25, 0.3) is 0 Å². The van der Waals surface area contributed by atoms with Gasteiger partial charge in [0.1, 0.15) is 0 Å². The van der Waals surface area contributed by atoms with E-state index in [0.717, 1.165) is 17.0 Å². The second-order valence-corrected chi connectivity index (χ2v) is 7.14. The molecule has 0 aliphatic carbocycles. The summed E-state index contributed by atoms with van der Waals surface area (Å²) in [5, 5.41) is 12.0. The molecule has 0 saturated carbocycles. The van der Waals surface area contributed by atoms with Gasteiger partial charge in [-0.1, -0.05) is 35.5 Å². The van der Waals surface area contributed by atoms with E-state index in [4.69, 9.17) is 5.73 Å². The summed E-state index contributed by atoms with van der Waals surface area (Å²) in [6, 6.07) is 14.5. The van der Waals surface area contributed by atoms with Crippen LogP contribution >= 0.6 is 11.8 Å². The summed E-state index contributed by atoms with van der Waals surface area (Å²) in [5.74, 6) is 0.316. The third-order valence-corrected chi connectivity index (χ3v) is 5.06. The van der Waals surface area contributed by atoms with Gasteiger partial charge in [0.2, 0.25) is 11.8 Å². The van der Waals surface area contributed by atoms with Gasteiger partial charge in [-0.2, -0.15) is 0 Å². The molecule has 1 heterocycles. The Kier molecular flexibility index (Phi) is 6.10. The number of carbonyl (C=O) groups excluding carboxylic acids is 2. The van der Waals surface area contributed by atoms with E-state index >= 15 is 0 Å². The number of nitrogens with one attached hydrogen (secondary N) is 1. The molecule has 0 aliphatic heterocycles. The molecule has 0 radical (unpaired) electrons. The monoisotopic (exact) mass is 395 g/mol. The van der Waals surface area contributed by atoms with Crippen LogP contribution in [0.4, 0.5) is 5.69 Å². The van der Waals surface area contributed by atoms with Gasteiger partial charge in [0.05, 0.1) is 5.75 Å². The van der Waals surface area contributed by atoms with Crippen LogP contribution < -0.4 is 11.1 Å². The second kappa shape index (κ2) is 8.71. The zero-order valence-electron chi connectivity index (χ0n) is 15.7. The molecule has 3 rings (SSSR count). The van der Waals surface area contributed by atoms with Crippen molar-refractivity contribution in [3.8, 4) is 11.4 Å². The summed E-state index contributed by atoms with van der Waals surface area (Å²) in [6.07, 6.45) is 0. The number of nitrogens with two attached hydrogens (primary N) is 1. The first-order chi connectivity index (χ1) is 13.5. The average Bonchev–Trinajstić information content (AvgIpc) is 3.09. The normalized spacial score (nSPS) is 10.6. The number of aryl methyl sites for hydroxylation is 1. The van der Waals surface area contributed by atoms with Crippen LogP contribution in [0.15, 0.2) is 53.7 Å². The Labute approximate surface area is 167 Å². The Morgan fingerprint density at radius 1 is 1.14 bits per heavy atom. The van der Waals surface area contributed by atoms with E-state index in [1.807, 2.05) is 36.6 Å². The van der Waals surface area contributed by atoms with Crippen molar-refractivity contribution in [1.29, 1.82) is 0 Å². The number of hydrogen-bond donors (Lipinski definition) is 2. The van der Waals surface area contributed by atoms with E-state index in [1.54, 1.807) is 24.3 Å². The molecule has 0 fully saturated rings. The molecule has 7 nitrogen and oxygen atoms in total. The Morgan fingerprint density at radius 3 is 2.54 bits per heavy atom. The van der Waals surface area contributed by atoms with Crippen LogP contribution in [0.25, 0.3) is 11.4 Å². The molecule has 144 valence electrons. The number of nitrogens with zero attached hydrogens (tertiary/aromatic N) is 3. The average molecular weight is 395 g/mol. The van der Waals surface area contributed by atoms with Crippen molar-refractivity contribution in [3.05, 3.63) is 59.7 Å². The summed E-state index contributed by atoms with van der Waals surface area (Å²) < 4.78 is 1.99. The van der Waals surface area contributed by atoms with Crippen LogP contribution in [0.3, 0.4) is 0 Å². The molecule has 1 aromatic heterocycles. The number of anilines is 1. The molecule has 0 atom stereocenters. The van der Waals surface area contributed by atoms with Gasteiger partial charge in [-0.25, -0.2) is 0 Å². The van der Waals surface area contributed by atoms with Gasteiger partial charge < -0.3 is 15.6 Å². The summed E-state index contributed by atoms with van der Waals surface area (Å²) in [7, 11) is 0. The molecule has 28 heavy (non-hydrogen) atoms. The van der Waals surface area contributed by atoms with Gasteiger partial charge in [0, 0.05) is 23.4 Å². The predicted molar refractivity (Wildman–Crippen MR) is 110 cm³/mol. The zero-order valence-corrected chi connectivity index (χ0v) is 16.5. The molecule has 0 spiro atoms.